The predicted molar refractivity (Wildman–Crippen MR) is 81.2 cm³/mol. The number of carbonyl (C=O) groups excluding carboxylic acids is 1. The minimum absolute atomic E-state index is 0.0161. The van der Waals surface area contributed by atoms with Crippen molar-refractivity contribution < 1.29 is 4.79 Å². The third kappa shape index (κ3) is 3.22. The largest absolute Gasteiger partial charge is 0.347 e. The van der Waals surface area contributed by atoms with Crippen molar-refractivity contribution in [3.05, 3.63) is 31.8 Å². The summed E-state index contributed by atoms with van der Waals surface area (Å²) >= 11 is 5.66. The highest BCUT2D eigenvalue weighted by Gasteiger charge is 2.30. The van der Waals surface area contributed by atoms with Crippen molar-refractivity contribution in [1.29, 1.82) is 0 Å². The van der Waals surface area contributed by atoms with E-state index >= 15 is 0 Å². The van der Waals surface area contributed by atoms with Crippen molar-refractivity contribution in [2.45, 2.75) is 38.1 Å². The molecule has 1 aromatic rings. The van der Waals surface area contributed by atoms with Crippen molar-refractivity contribution in [3.8, 4) is 0 Å². The van der Waals surface area contributed by atoms with E-state index in [1.807, 2.05) is 18.2 Å². The van der Waals surface area contributed by atoms with E-state index in [2.05, 4.69) is 50.8 Å². The molecule has 1 fully saturated rings. The number of hydrogen-bond acceptors (Lipinski definition) is 1. The van der Waals surface area contributed by atoms with E-state index in [4.69, 9.17) is 0 Å². The van der Waals surface area contributed by atoms with Crippen LogP contribution < -0.4 is 5.32 Å². The van der Waals surface area contributed by atoms with Gasteiger partial charge in [-0.3, -0.25) is 4.79 Å². The van der Waals surface area contributed by atoms with Gasteiger partial charge in [0.15, 0.2) is 0 Å². The topological polar surface area (TPSA) is 29.1 Å². The fourth-order valence-corrected chi connectivity index (χ4v) is 3.21. The highest BCUT2D eigenvalue weighted by Crippen LogP contribution is 2.30. The lowest BCUT2D eigenvalue weighted by molar-refractivity contribution is 0.0907. The summed E-state index contributed by atoms with van der Waals surface area (Å²) in [4.78, 5) is 12.2. The molecule has 0 aliphatic heterocycles. The first-order valence-electron chi connectivity index (χ1n) is 5.78. The normalized spacial score (nSPS) is 18.1. The lowest BCUT2D eigenvalue weighted by Crippen LogP contribution is -2.43. The summed E-state index contributed by atoms with van der Waals surface area (Å²) in [5.41, 5.74) is 0.711. The van der Waals surface area contributed by atoms with E-state index < -0.39 is 0 Å². The Morgan fingerprint density at radius 2 is 2.06 bits per heavy atom. The average molecular weight is 408 g/mol. The quantitative estimate of drug-likeness (QED) is 0.734. The monoisotopic (exact) mass is 407 g/mol. The van der Waals surface area contributed by atoms with E-state index in [0.29, 0.717) is 0 Å². The molecule has 92 valence electrons. The molecule has 0 bridgehead atoms. The predicted octanol–water partition coefficient (Wildman–Crippen LogP) is 4.12. The SMILES string of the molecule is CC1(NC(=O)c2cc(I)ccc2Br)CCCC1. The fraction of sp³-hybridized carbons (Fsp3) is 0.462. The molecule has 4 heteroatoms. The van der Waals surface area contributed by atoms with Crippen molar-refractivity contribution >= 4 is 44.4 Å². The Bertz CT molecular complexity index is 441. The molecule has 1 saturated carbocycles. The second-order valence-electron chi connectivity index (χ2n) is 4.85. The Hall–Kier alpha value is -0.100. The Kier molecular flexibility index (Phi) is 4.13. The fourth-order valence-electron chi connectivity index (χ4n) is 2.29. The second kappa shape index (κ2) is 5.26. The van der Waals surface area contributed by atoms with Gasteiger partial charge in [-0.05, 0) is 76.5 Å². The van der Waals surface area contributed by atoms with E-state index in [1.165, 1.54) is 12.8 Å². The van der Waals surface area contributed by atoms with Crippen LogP contribution in [-0.2, 0) is 0 Å². The van der Waals surface area contributed by atoms with Crippen LogP contribution in [0.5, 0.6) is 0 Å². The molecule has 1 aliphatic rings. The van der Waals surface area contributed by atoms with Crippen LogP contribution in [0.15, 0.2) is 22.7 Å². The number of carbonyl (C=O) groups is 1. The molecule has 0 spiro atoms. The van der Waals surface area contributed by atoms with Crippen LogP contribution in [0.3, 0.4) is 0 Å². The molecule has 17 heavy (non-hydrogen) atoms. The molecule has 1 N–H and O–H groups in total. The smallest absolute Gasteiger partial charge is 0.252 e. The molecular formula is C13H15BrINO. The molecule has 0 aromatic heterocycles. The van der Waals surface area contributed by atoms with Crippen molar-refractivity contribution in [2.75, 3.05) is 0 Å². The zero-order valence-electron chi connectivity index (χ0n) is 9.72. The summed E-state index contributed by atoms with van der Waals surface area (Å²) in [7, 11) is 0. The zero-order chi connectivity index (χ0) is 12.5. The van der Waals surface area contributed by atoms with Gasteiger partial charge in [0.25, 0.3) is 5.91 Å². The summed E-state index contributed by atoms with van der Waals surface area (Å²) in [6, 6.07) is 5.82. The van der Waals surface area contributed by atoms with Gasteiger partial charge in [-0.25, -0.2) is 0 Å². The molecule has 0 saturated heterocycles. The lowest BCUT2D eigenvalue weighted by Gasteiger charge is -2.25. The molecule has 0 radical (unpaired) electrons. The van der Waals surface area contributed by atoms with E-state index in [-0.39, 0.29) is 11.4 Å². The van der Waals surface area contributed by atoms with Gasteiger partial charge >= 0.3 is 0 Å². The maximum absolute atomic E-state index is 12.2. The maximum atomic E-state index is 12.2. The number of benzene rings is 1. The molecule has 1 amide bonds. The molecule has 2 nitrogen and oxygen atoms in total. The van der Waals surface area contributed by atoms with Crippen molar-refractivity contribution in [2.24, 2.45) is 0 Å². The van der Waals surface area contributed by atoms with Crippen molar-refractivity contribution in [3.63, 3.8) is 0 Å². The van der Waals surface area contributed by atoms with Crippen LogP contribution in [0.4, 0.5) is 0 Å². The number of nitrogens with one attached hydrogen (secondary N) is 1. The third-order valence-corrected chi connectivity index (χ3v) is 4.66. The van der Waals surface area contributed by atoms with Gasteiger partial charge in [0.05, 0.1) is 5.56 Å². The van der Waals surface area contributed by atoms with Crippen LogP contribution >= 0.6 is 38.5 Å². The molecular weight excluding hydrogens is 393 g/mol. The Balaban J connectivity index is 2.17. The second-order valence-corrected chi connectivity index (χ2v) is 6.95. The van der Waals surface area contributed by atoms with Crippen LogP contribution in [0.25, 0.3) is 0 Å². The Labute approximate surface area is 124 Å². The molecule has 2 rings (SSSR count). The molecule has 0 heterocycles. The van der Waals surface area contributed by atoms with E-state index in [1.54, 1.807) is 0 Å². The van der Waals surface area contributed by atoms with E-state index in [0.717, 1.165) is 26.4 Å². The van der Waals surface area contributed by atoms with Gasteiger partial charge in [0.1, 0.15) is 0 Å². The van der Waals surface area contributed by atoms with Crippen molar-refractivity contribution in [1.82, 2.24) is 5.32 Å². The Morgan fingerprint density at radius 1 is 1.41 bits per heavy atom. The molecule has 1 aliphatic carbocycles. The number of hydrogen-bond donors (Lipinski definition) is 1. The van der Waals surface area contributed by atoms with Gasteiger partial charge in [-0.15, -0.1) is 0 Å². The van der Waals surface area contributed by atoms with Gasteiger partial charge in [0.2, 0.25) is 0 Å². The summed E-state index contributed by atoms with van der Waals surface area (Å²) in [6.45, 7) is 2.14. The zero-order valence-corrected chi connectivity index (χ0v) is 13.5. The first-order chi connectivity index (χ1) is 8.00. The van der Waals surface area contributed by atoms with Gasteiger partial charge in [-0.1, -0.05) is 12.8 Å². The molecule has 0 unspecified atom stereocenters. The first kappa shape index (κ1) is 13.3. The van der Waals surface area contributed by atoms with Crippen LogP contribution in [0.1, 0.15) is 43.0 Å². The first-order valence-corrected chi connectivity index (χ1v) is 7.65. The molecule has 1 aromatic carbocycles. The molecule has 0 atom stereocenters. The van der Waals surface area contributed by atoms with Crippen LogP contribution in [0.2, 0.25) is 0 Å². The highest BCUT2D eigenvalue weighted by atomic mass is 127. The summed E-state index contributed by atoms with van der Waals surface area (Å²) < 4.78 is 1.93. The summed E-state index contributed by atoms with van der Waals surface area (Å²) in [5.74, 6) is 0.0276. The number of amides is 1. The highest BCUT2D eigenvalue weighted by molar-refractivity contribution is 14.1. The minimum atomic E-state index is -0.0161. The maximum Gasteiger partial charge on any atom is 0.252 e. The van der Waals surface area contributed by atoms with Gasteiger partial charge < -0.3 is 5.32 Å². The minimum Gasteiger partial charge on any atom is -0.347 e. The van der Waals surface area contributed by atoms with Gasteiger partial charge in [-0.2, -0.15) is 0 Å². The number of rotatable bonds is 2. The van der Waals surface area contributed by atoms with Gasteiger partial charge in [0, 0.05) is 13.6 Å². The Morgan fingerprint density at radius 3 is 2.71 bits per heavy atom. The average Bonchev–Trinajstić information content (AvgIpc) is 2.68. The third-order valence-electron chi connectivity index (χ3n) is 3.30. The lowest BCUT2D eigenvalue weighted by atomic mass is 10.00. The summed E-state index contributed by atoms with van der Waals surface area (Å²) in [5, 5.41) is 3.17. The standard InChI is InChI=1S/C13H15BrINO/c1-13(6-2-3-7-13)16-12(17)10-8-9(15)4-5-11(10)14/h4-5,8H,2-3,6-7H2,1H3,(H,16,17). The number of halogens is 2. The van der Waals surface area contributed by atoms with Crippen LogP contribution in [0, 0.1) is 3.57 Å². The van der Waals surface area contributed by atoms with Crippen LogP contribution in [-0.4, -0.2) is 11.4 Å². The summed E-state index contributed by atoms with van der Waals surface area (Å²) in [6.07, 6.45) is 4.59. The van der Waals surface area contributed by atoms with E-state index in [9.17, 15) is 4.79 Å².